The molecule has 13 aromatic rings. The topological polar surface area (TPSA) is 63.0 Å². The van der Waals surface area contributed by atoms with Crippen LogP contribution in [0.25, 0.3) is 84.2 Å². The third-order valence-corrected chi connectivity index (χ3v) is 16.3. The van der Waals surface area contributed by atoms with Crippen LogP contribution in [0.15, 0.2) is 217 Å². The molecular weight excluding hydrogens is 954 g/mol. The molecule has 0 saturated heterocycles. The van der Waals surface area contributed by atoms with Gasteiger partial charge in [-0.25, -0.2) is 0 Å². The summed E-state index contributed by atoms with van der Waals surface area (Å²) in [5.41, 5.74) is 2.04. The molecule has 71 heavy (non-hydrogen) atoms. The third-order valence-electron chi connectivity index (χ3n) is 12.9. The molecule has 13 rings (SSSR count). The minimum Gasteiger partial charge on any atom is -0.456 e. The molecule has 12 heteroatoms. The van der Waals surface area contributed by atoms with Crippen LogP contribution in [0.3, 0.4) is 0 Å². The van der Waals surface area contributed by atoms with Crippen LogP contribution in [0.1, 0.15) is 0 Å². The maximum absolute atomic E-state index is 14.0. The summed E-state index contributed by atoms with van der Waals surface area (Å²) in [6.45, 7) is 0. The van der Waals surface area contributed by atoms with Crippen LogP contribution in [0.4, 0.5) is 47.3 Å². The van der Waals surface area contributed by atoms with Gasteiger partial charge in [-0.1, -0.05) is 115 Å². The van der Waals surface area contributed by atoms with Crippen molar-refractivity contribution in [1.29, 1.82) is 0 Å². The Morgan fingerprint density at radius 2 is 1.04 bits per heavy atom. The molecule has 0 spiro atoms. The van der Waals surface area contributed by atoms with Crippen LogP contribution in [-0.4, -0.2) is 13.9 Å². The van der Waals surface area contributed by atoms with Gasteiger partial charge in [0.1, 0.15) is 16.9 Å². The van der Waals surface area contributed by atoms with E-state index in [1.165, 1.54) is 54.4 Å². The number of nitrogens with zero attached hydrogens (tertiary/aromatic N) is 2. The first kappa shape index (κ1) is 42.9. The van der Waals surface area contributed by atoms with Crippen molar-refractivity contribution in [3.05, 3.63) is 212 Å². The van der Waals surface area contributed by atoms with Gasteiger partial charge in [0.2, 0.25) is 0 Å². The van der Waals surface area contributed by atoms with E-state index in [0.29, 0.717) is 43.7 Å². The van der Waals surface area contributed by atoms with Crippen LogP contribution in [0.2, 0.25) is 0 Å². The molecule has 3 heterocycles. The first-order chi connectivity index (χ1) is 34.5. The Balaban J connectivity index is 0.965. The second-order valence-electron chi connectivity index (χ2n) is 17.2. The summed E-state index contributed by atoms with van der Waals surface area (Å²) >= 11 is 3.25. The Morgan fingerprint density at radius 1 is 0.423 bits per heavy atom. The van der Waals surface area contributed by atoms with Crippen molar-refractivity contribution in [3.63, 3.8) is 0 Å². The van der Waals surface area contributed by atoms with Crippen LogP contribution in [-0.2, 0) is 10.1 Å². The standard InChI is InChI=1S/C59H35F3N2O4S3/c60-59(61,62)71(65,66)68-44-34-51-50-31-38(23-29-55(50)69-58(51)52(35-44)64(40-16-5-2-6-17-40)42-24-27-47-46-20-9-10-21-53(46)67-54(47)32-42)37-13-11-18-41(30-37)63(39-14-3-1-4-15-39)43-25-28-48-49-26-22-36-12-7-8-19-45(36)57(49)70-56(48)33-43/h1-35H. The van der Waals surface area contributed by atoms with Crippen molar-refractivity contribution in [2.75, 3.05) is 9.80 Å². The fraction of sp³-hybridized carbons (Fsp3) is 0.0169. The number of hydrogen-bond acceptors (Lipinski definition) is 8. The maximum Gasteiger partial charge on any atom is 0.534 e. The summed E-state index contributed by atoms with van der Waals surface area (Å²) in [7, 11) is -6.04. The van der Waals surface area contributed by atoms with Gasteiger partial charge in [-0.3, -0.25) is 0 Å². The van der Waals surface area contributed by atoms with Gasteiger partial charge in [0, 0.05) is 87.0 Å². The van der Waals surface area contributed by atoms with Gasteiger partial charge >= 0.3 is 15.6 Å². The van der Waals surface area contributed by atoms with Gasteiger partial charge in [-0.15, -0.1) is 22.7 Å². The van der Waals surface area contributed by atoms with E-state index in [9.17, 15) is 21.6 Å². The number of anilines is 6. The largest absolute Gasteiger partial charge is 0.534 e. The van der Waals surface area contributed by atoms with Crippen molar-refractivity contribution in [2.45, 2.75) is 5.51 Å². The van der Waals surface area contributed by atoms with Gasteiger partial charge in [0.05, 0.1) is 10.4 Å². The van der Waals surface area contributed by atoms with E-state index in [2.05, 4.69) is 83.8 Å². The SMILES string of the molecule is O=S(=O)(Oc1cc(N(c2ccccc2)c2ccc3c(c2)oc2ccccc23)c2sc3ccc(-c4cccc(N(c5ccccc5)c5ccc6c(c5)sc5c7ccccc7ccc65)c4)cc3c2c1)C(F)(F)F. The number of thiophene rings is 2. The number of fused-ring (bicyclic) bond motifs is 11. The summed E-state index contributed by atoms with van der Waals surface area (Å²) in [6.07, 6.45) is 0. The van der Waals surface area contributed by atoms with E-state index in [1.807, 2.05) is 126 Å². The van der Waals surface area contributed by atoms with Crippen LogP contribution in [0, 0.1) is 0 Å². The average Bonchev–Trinajstić information content (AvgIpc) is 4.08. The van der Waals surface area contributed by atoms with Crippen LogP contribution < -0.4 is 14.0 Å². The summed E-state index contributed by atoms with van der Waals surface area (Å²) < 4.78 is 82.8. The van der Waals surface area contributed by atoms with E-state index in [-0.39, 0.29) is 0 Å². The molecule has 0 aliphatic rings. The van der Waals surface area contributed by atoms with Gasteiger partial charge in [0.25, 0.3) is 0 Å². The zero-order chi connectivity index (χ0) is 48.0. The second-order valence-corrected chi connectivity index (χ2v) is 20.9. The Hall–Kier alpha value is -8.16. The number of para-hydroxylation sites is 3. The van der Waals surface area contributed by atoms with E-state index >= 15 is 0 Å². The van der Waals surface area contributed by atoms with Crippen LogP contribution in [0.5, 0.6) is 5.75 Å². The Kier molecular flexibility index (Phi) is 9.96. The summed E-state index contributed by atoms with van der Waals surface area (Å²) in [6, 6.07) is 69.6. The van der Waals surface area contributed by atoms with Crippen molar-refractivity contribution < 1.29 is 30.2 Å². The summed E-state index contributed by atoms with van der Waals surface area (Å²) in [5, 5.41) is 7.94. The fourth-order valence-corrected chi connectivity index (χ4v) is 12.6. The molecule has 3 aromatic heterocycles. The van der Waals surface area contributed by atoms with E-state index in [1.54, 1.807) is 11.3 Å². The number of benzene rings is 10. The smallest absolute Gasteiger partial charge is 0.456 e. The van der Waals surface area contributed by atoms with Gasteiger partial charge < -0.3 is 18.4 Å². The molecule has 0 fully saturated rings. The Bertz CT molecular complexity index is 4360. The highest BCUT2D eigenvalue weighted by Crippen LogP contribution is 2.50. The maximum atomic E-state index is 14.0. The third kappa shape index (κ3) is 7.33. The van der Waals surface area contributed by atoms with Crippen molar-refractivity contribution in [1.82, 2.24) is 0 Å². The molecule has 0 aliphatic carbocycles. The molecule has 0 bridgehead atoms. The van der Waals surface area contributed by atoms with Crippen molar-refractivity contribution in [2.24, 2.45) is 0 Å². The lowest BCUT2D eigenvalue weighted by atomic mass is 10.0. The second kappa shape index (κ2) is 16.5. The van der Waals surface area contributed by atoms with Gasteiger partial charge in [-0.2, -0.15) is 21.6 Å². The lowest BCUT2D eigenvalue weighted by Crippen LogP contribution is -2.28. The van der Waals surface area contributed by atoms with Gasteiger partial charge in [-0.05, 0) is 107 Å². The molecule has 0 atom stereocenters. The Labute approximate surface area is 412 Å². The number of furan rings is 1. The number of hydrogen-bond donors (Lipinski definition) is 0. The highest BCUT2D eigenvalue weighted by atomic mass is 32.2. The molecule has 0 unspecified atom stereocenters. The molecule has 0 N–H and O–H groups in total. The fourth-order valence-electron chi connectivity index (χ4n) is 9.74. The number of halogens is 3. The number of alkyl halides is 3. The highest BCUT2D eigenvalue weighted by Gasteiger charge is 2.48. The molecule has 6 nitrogen and oxygen atoms in total. The molecule has 10 aromatic carbocycles. The van der Waals surface area contributed by atoms with E-state index in [4.69, 9.17) is 8.60 Å². The Morgan fingerprint density at radius 3 is 1.83 bits per heavy atom. The minimum atomic E-state index is -6.04. The van der Waals surface area contributed by atoms with Crippen molar-refractivity contribution >= 4 is 140 Å². The minimum absolute atomic E-state index is 0.420. The zero-order valence-electron chi connectivity index (χ0n) is 37.1. The first-order valence-corrected chi connectivity index (χ1v) is 25.7. The van der Waals surface area contributed by atoms with E-state index < -0.39 is 21.4 Å². The molecule has 0 saturated carbocycles. The zero-order valence-corrected chi connectivity index (χ0v) is 39.5. The lowest BCUT2D eigenvalue weighted by molar-refractivity contribution is -0.0500. The monoisotopic (exact) mass is 988 g/mol. The predicted molar refractivity (Wildman–Crippen MR) is 287 cm³/mol. The quantitative estimate of drug-likeness (QED) is 0.106. The van der Waals surface area contributed by atoms with Crippen LogP contribution >= 0.6 is 22.7 Å². The summed E-state index contributed by atoms with van der Waals surface area (Å²) in [4.78, 5) is 4.13. The molecule has 0 amide bonds. The predicted octanol–water partition coefficient (Wildman–Crippen LogP) is 18.3. The highest BCUT2D eigenvalue weighted by molar-refractivity contribution is 7.88. The molecule has 0 radical (unpaired) electrons. The normalized spacial score (nSPS) is 12.3. The van der Waals surface area contributed by atoms with Crippen molar-refractivity contribution in [3.8, 4) is 16.9 Å². The summed E-state index contributed by atoms with van der Waals surface area (Å²) in [5.74, 6) is -0.482. The molecular formula is C59H35F3N2O4S3. The lowest BCUT2D eigenvalue weighted by Gasteiger charge is -2.26. The molecule has 0 aliphatic heterocycles. The first-order valence-electron chi connectivity index (χ1n) is 22.6. The average molecular weight is 989 g/mol. The van der Waals surface area contributed by atoms with Gasteiger partial charge in [0.15, 0.2) is 0 Å². The molecule has 344 valence electrons. The van der Waals surface area contributed by atoms with E-state index in [0.717, 1.165) is 43.7 Å². The number of rotatable bonds is 9.